The molecule has 0 bridgehead atoms. The molecule has 0 aromatic heterocycles. The van der Waals surface area contributed by atoms with Gasteiger partial charge < -0.3 is 10.6 Å². The largest absolute Gasteiger partial charge is 0.405 e. The molecule has 0 aromatic rings. The third kappa shape index (κ3) is 4.57. The molecule has 1 atom stereocenters. The lowest BCUT2D eigenvalue weighted by Gasteiger charge is -2.33. The standard InChI is InChI=1S/C9H15F3N2O.ClH/c1-8(4-2-3-5-14-8)7(15)13-6-9(10,11)12;/h14H,2-6H2,1H3,(H,13,15);1H. The summed E-state index contributed by atoms with van der Waals surface area (Å²) in [6.07, 6.45) is -1.94. The van der Waals surface area contributed by atoms with Gasteiger partial charge in [0.2, 0.25) is 5.91 Å². The maximum absolute atomic E-state index is 11.9. The minimum absolute atomic E-state index is 0. The van der Waals surface area contributed by atoms with Crippen LogP contribution in [0.1, 0.15) is 26.2 Å². The van der Waals surface area contributed by atoms with Crippen molar-refractivity contribution < 1.29 is 18.0 Å². The summed E-state index contributed by atoms with van der Waals surface area (Å²) in [4.78, 5) is 11.5. The molecule has 0 aliphatic carbocycles. The van der Waals surface area contributed by atoms with Crippen molar-refractivity contribution in [1.29, 1.82) is 0 Å². The van der Waals surface area contributed by atoms with Gasteiger partial charge >= 0.3 is 6.18 Å². The zero-order chi connectivity index (χ0) is 11.5. The van der Waals surface area contributed by atoms with E-state index in [2.05, 4.69) is 5.32 Å². The number of carbonyl (C=O) groups is 1. The van der Waals surface area contributed by atoms with Gasteiger partial charge in [-0.2, -0.15) is 13.2 Å². The molecular formula is C9H16ClF3N2O. The van der Waals surface area contributed by atoms with Gasteiger partial charge in [-0.25, -0.2) is 0 Å². The zero-order valence-electron chi connectivity index (χ0n) is 8.99. The third-order valence-corrected chi connectivity index (χ3v) is 2.57. The zero-order valence-corrected chi connectivity index (χ0v) is 9.80. The van der Waals surface area contributed by atoms with Gasteiger partial charge in [0.25, 0.3) is 0 Å². The van der Waals surface area contributed by atoms with E-state index in [9.17, 15) is 18.0 Å². The Morgan fingerprint density at radius 2 is 2.06 bits per heavy atom. The second-order valence-corrected chi connectivity index (χ2v) is 4.01. The van der Waals surface area contributed by atoms with Crippen LogP contribution in [-0.4, -0.2) is 30.7 Å². The van der Waals surface area contributed by atoms with Crippen molar-refractivity contribution in [2.24, 2.45) is 0 Å². The first-order chi connectivity index (χ1) is 6.83. The summed E-state index contributed by atoms with van der Waals surface area (Å²) in [5.74, 6) is -0.570. The van der Waals surface area contributed by atoms with E-state index in [0.717, 1.165) is 12.8 Å². The number of piperidine rings is 1. The number of carbonyl (C=O) groups excluding carboxylic acids is 1. The fourth-order valence-electron chi connectivity index (χ4n) is 1.63. The van der Waals surface area contributed by atoms with E-state index in [1.807, 2.05) is 5.32 Å². The number of halogens is 4. The van der Waals surface area contributed by atoms with Gasteiger partial charge in [0.1, 0.15) is 6.54 Å². The van der Waals surface area contributed by atoms with Crippen LogP contribution in [0.25, 0.3) is 0 Å². The Balaban J connectivity index is 0.00000225. The maximum Gasteiger partial charge on any atom is 0.405 e. The van der Waals surface area contributed by atoms with Crippen LogP contribution in [0.15, 0.2) is 0 Å². The van der Waals surface area contributed by atoms with E-state index in [4.69, 9.17) is 0 Å². The molecule has 1 saturated heterocycles. The van der Waals surface area contributed by atoms with Crippen molar-refractivity contribution in [2.45, 2.75) is 37.9 Å². The van der Waals surface area contributed by atoms with E-state index >= 15 is 0 Å². The number of rotatable bonds is 2. The first-order valence-electron chi connectivity index (χ1n) is 4.94. The van der Waals surface area contributed by atoms with E-state index in [-0.39, 0.29) is 12.4 Å². The van der Waals surface area contributed by atoms with Crippen molar-refractivity contribution in [3.05, 3.63) is 0 Å². The van der Waals surface area contributed by atoms with Gasteiger partial charge in [-0.15, -0.1) is 12.4 Å². The smallest absolute Gasteiger partial charge is 0.345 e. The normalized spacial score (nSPS) is 25.8. The van der Waals surface area contributed by atoms with Gasteiger partial charge in [-0.1, -0.05) is 0 Å². The number of hydrogen-bond acceptors (Lipinski definition) is 2. The predicted molar refractivity (Wildman–Crippen MR) is 56.6 cm³/mol. The SMILES string of the molecule is CC1(C(=O)NCC(F)(F)F)CCCCN1.Cl. The van der Waals surface area contributed by atoms with Crippen molar-refractivity contribution >= 4 is 18.3 Å². The molecule has 1 unspecified atom stereocenters. The van der Waals surface area contributed by atoms with E-state index in [1.54, 1.807) is 6.92 Å². The minimum Gasteiger partial charge on any atom is -0.345 e. The predicted octanol–water partition coefficient (Wildman–Crippen LogP) is 1.62. The van der Waals surface area contributed by atoms with Crippen molar-refractivity contribution in [1.82, 2.24) is 10.6 Å². The number of alkyl halides is 3. The summed E-state index contributed by atoms with van der Waals surface area (Å²) in [6.45, 7) is 1.05. The summed E-state index contributed by atoms with van der Waals surface area (Å²) >= 11 is 0. The van der Waals surface area contributed by atoms with Crippen LogP contribution in [0.5, 0.6) is 0 Å². The molecule has 0 spiro atoms. The quantitative estimate of drug-likeness (QED) is 0.792. The highest BCUT2D eigenvalue weighted by molar-refractivity contribution is 5.86. The lowest BCUT2D eigenvalue weighted by Crippen LogP contribution is -2.57. The molecule has 3 nitrogen and oxygen atoms in total. The van der Waals surface area contributed by atoms with Gasteiger partial charge in [0.15, 0.2) is 0 Å². The molecule has 0 aromatic carbocycles. The highest BCUT2D eigenvalue weighted by atomic mass is 35.5. The van der Waals surface area contributed by atoms with Crippen LogP contribution in [0.4, 0.5) is 13.2 Å². The molecule has 2 N–H and O–H groups in total. The Labute approximate surface area is 98.6 Å². The summed E-state index contributed by atoms with van der Waals surface area (Å²) in [7, 11) is 0. The fraction of sp³-hybridized carbons (Fsp3) is 0.889. The molecule has 0 radical (unpaired) electrons. The molecule has 1 amide bonds. The number of nitrogens with one attached hydrogen (secondary N) is 2. The Kier molecular flexibility index (Phi) is 5.55. The van der Waals surface area contributed by atoms with E-state index < -0.39 is 24.2 Å². The monoisotopic (exact) mass is 260 g/mol. The Bertz CT molecular complexity index is 239. The Hall–Kier alpha value is -0.490. The van der Waals surface area contributed by atoms with Crippen LogP contribution >= 0.6 is 12.4 Å². The second kappa shape index (κ2) is 5.72. The van der Waals surface area contributed by atoms with Gasteiger partial charge in [-0.05, 0) is 32.7 Å². The Morgan fingerprint density at radius 1 is 1.44 bits per heavy atom. The topological polar surface area (TPSA) is 41.1 Å². The summed E-state index contributed by atoms with van der Waals surface area (Å²) < 4.78 is 35.6. The second-order valence-electron chi connectivity index (χ2n) is 4.01. The summed E-state index contributed by atoms with van der Waals surface area (Å²) in [5.41, 5.74) is -0.844. The summed E-state index contributed by atoms with van der Waals surface area (Å²) in [6, 6.07) is 0. The molecule has 96 valence electrons. The maximum atomic E-state index is 11.9. The van der Waals surface area contributed by atoms with Crippen LogP contribution in [0.3, 0.4) is 0 Å². The minimum atomic E-state index is -4.35. The first kappa shape index (κ1) is 15.5. The lowest BCUT2D eigenvalue weighted by molar-refractivity contribution is -0.142. The molecule has 1 fully saturated rings. The molecule has 1 heterocycles. The number of hydrogen-bond donors (Lipinski definition) is 2. The fourth-order valence-corrected chi connectivity index (χ4v) is 1.63. The lowest BCUT2D eigenvalue weighted by atomic mass is 9.90. The average Bonchev–Trinajstić information content (AvgIpc) is 2.14. The van der Waals surface area contributed by atoms with Crippen molar-refractivity contribution in [3.63, 3.8) is 0 Å². The molecule has 16 heavy (non-hydrogen) atoms. The van der Waals surface area contributed by atoms with Crippen LogP contribution in [0.2, 0.25) is 0 Å². The molecule has 7 heteroatoms. The molecular weight excluding hydrogens is 245 g/mol. The van der Waals surface area contributed by atoms with Crippen LogP contribution in [-0.2, 0) is 4.79 Å². The molecule has 0 saturated carbocycles. The van der Waals surface area contributed by atoms with Crippen molar-refractivity contribution in [2.75, 3.05) is 13.1 Å². The summed E-state index contributed by atoms with van der Waals surface area (Å²) in [5, 5.41) is 4.86. The van der Waals surface area contributed by atoms with Crippen LogP contribution < -0.4 is 10.6 Å². The highest BCUT2D eigenvalue weighted by Gasteiger charge is 2.36. The van der Waals surface area contributed by atoms with Crippen molar-refractivity contribution in [3.8, 4) is 0 Å². The van der Waals surface area contributed by atoms with Gasteiger partial charge in [0, 0.05) is 0 Å². The Morgan fingerprint density at radius 3 is 2.50 bits per heavy atom. The highest BCUT2D eigenvalue weighted by Crippen LogP contribution is 2.19. The van der Waals surface area contributed by atoms with Crippen LogP contribution in [0, 0.1) is 0 Å². The third-order valence-electron chi connectivity index (χ3n) is 2.57. The van der Waals surface area contributed by atoms with Gasteiger partial charge in [0.05, 0.1) is 5.54 Å². The molecule has 1 aliphatic rings. The van der Waals surface area contributed by atoms with Gasteiger partial charge in [-0.3, -0.25) is 4.79 Å². The molecule has 1 aliphatic heterocycles. The first-order valence-corrected chi connectivity index (χ1v) is 4.94. The van der Waals surface area contributed by atoms with E-state index in [0.29, 0.717) is 13.0 Å². The van der Waals surface area contributed by atoms with E-state index in [1.165, 1.54) is 0 Å². The average molecular weight is 261 g/mol. The molecule has 1 rings (SSSR count). The number of amides is 1.